The number of Topliss-reactive ketones (excluding diaryl/α,β-unsaturated/α-hetero) is 1. The Labute approximate surface area is 131 Å². The van der Waals surface area contributed by atoms with E-state index < -0.39 is 29.1 Å². The summed E-state index contributed by atoms with van der Waals surface area (Å²) in [4.78, 5) is 36.0. The Balaban J connectivity index is 2.82. The molecule has 6 nitrogen and oxygen atoms in total. The van der Waals surface area contributed by atoms with Crippen LogP contribution < -0.4 is 5.32 Å². The molecule has 2 unspecified atom stereocenters. The van der Waals surface area contributed by atoms with Crippen LogP contribution in [-0.4, -0.2) is 35.6 Å². The van der Waals surface area contributed by atoms with Gasteiger partial charge in [0.2, 0.25) is 0 Å². The minimum atomic E-state index is -0.802. The van der Waals surface area contributed by atoms with Crippen molar-refractivity contribution in [1.29, 1.82) is 0 Å². The van der Waals surface area contributed by atoms with E-state index in [4.69, 9.17) is 9.47 Å². The van der Waals surface area contributed by atoms with Crippen LogP contribution in [0.15, 0.2) is 0 Å². The van der Waals surface area contributed by atoms with Gasteiger partial charge in [-0.3, -0.25) is 9.59 Å². The van der Waals surface area contributed by atoms with Gasteiger partial charge < -0.3 is 14.8 Å². The molecule has 0 aromatic heterocycles. The van der Waals surface area contributed by atoms with E-state index in [9.17, 15) is 14.4 Å². The highest BCUT2D eigenvalue weighted by Crippen LogP contribution is 2.34. The lowest BCUT2D eigenvalue weighted by molar-refractivity contribution is -0.154. The smallest absolute Gasteiger partial charge is 0.408 e. The van der Waals surface area contributed by atoms with Crippen LogP contribution >= 0.6 is 0 Å². The van der Waals surface area contributed by atoms with Crippen molar-refractivity contribution in [2.24, 2.45) is 5.92 Å². The summed E-state index contributed by atoms with van der Waals surface area (Å²) in [6.07, 6.45) is 1.13. The Morgan fingerprint density at radius 3 is 2.45 bits per heavy atom. The first kappa shape index (κ1) is 18.5. The fourth-order valence-electron chi connectivity index (χ4n) is 2.64. The monoisotopic (exact) mass is 313 g/mol. The lowest BCUT2D eigenvalue weighted by Crippen LogP contribution is -2.55. The van der Waals surface area contributed by atoms with Gasteiger partial charge in [0, 0.05) is 12.0 Å². The molecule has 22 heavy (non-hydrogen) atoms. The van der Waals surface area contributed by atoms with E-state index >= 15 is 0 Å². The summed E-state index contributed by atoms with van der Waals surface area (Å²) < 4.78 is 10.3. The fourth-order valence-corrected chi connectivity index (χ4v) is 2.64. The maximum atomic E-state index is 12.0. The zero-order chi connectivity index (χ0) is 17.0. The highest BCUT2D eigenvalue weighted by atomic mass is 16.6. The maximum absolute atomic E-state index is 12.0. The van der Waals surface area contributed by atoms with Gasteiger partial charge in [-0.05, 0) is 47.0 Å². The maximum Gasteiger partial charge on any atom is 0.408 e. The molecule has 126 valence electrons. The highest BCUT2D eigenvalue weighted by molar-refractivity contribution is 5.99. The second-order valence-corrected chi connectivity index (χ2v) is 6.74. The predicted molar refractivity (Wildman–Crippen MR) is 81.4 cm³/mol. The number of esters is 1. The van der Waals surface area contributed by atoms with Gasteiger partial charge in [-0.15, -0.1) is 0 Å². The summed E-state index contributed by atoms with van der Waals surface area (Å²) in [7, 11) is 0. The topological polar surface area (TPSA) is 81.7 Å². The Hall–Kier alpha value is -1.59. The average molecular weight is 313 g/mol. The van der Waals surface area contributed by atoms with Crippen molar-refractivity contribution in [3.8, 4) is 0 Å². The number of carbonyl (C=O) groups is 3. The number of alkyl carbamates (subject to hydrolysis) is 1. The molecule has 1 aliphatic carbocycles. The molecule has 0 saturated heterocycles. The van der Waals surface area contributed by atoms with Crippen molar-refractivity contribution in [2.75, 3.05) is 6.61 Å². The zero-order valence-corrected chi connectivity index (χ0v) is 14.2. The molecule has 1 N–H and O–H groups in total. The van der Waals surface area contributed by atoms with Crippen LogP contribution in [0.2, 0.25) is 0 Å². The van der Waals surface area contributed by atoms with Crippen molar-refractivity contribution in [3.05, 3.63) is 0 Å². The standard InChI is InChI=1S/C16H27NO5/c1-6-16(17-14(20)22-15(3,4)5)9-8-12(18)11(10-16)13(19)21-7-2/h11H,6-10H2,1-5H3,(H,17,20). The van der Waals surface area contributed by atoms with Crippen LogP contribution in [0.5, 0.6) is 0 Å². The molecular weight excluding hydrogens is 286 g/mol. The summed E-state index contributed by atoms with van der Waals surface area (Å²) in [5, 5.41) is 2.86. The number of rotatable bonds is 4. The first-order chi connectivity index (χ1) is 10.1. The number of carbonyl (C=O) groups excluding carboxylic acids is 3. The molecule has 1 rings (SSSR count). The van der Waals surface area contributed by atoms with Crippen molar-refractivity contribution >= 4 is 17.8 Å². The van der Waals surface area contributed by atoms with Gasteiger partial charge in [-0.1, -0.05) is 6.92 Å². The van der Waals surface area contributed by atoms with Gasteiger partial charge in [-0.25, -0.2) is 4.79 Å². The lowest BCUT2D eigenvalue weighted by Gasteiger charge is -2.39. The third-order valence-electron chi connectivity index (χ3n) is 3.85. The Morgan fingerprint density at radius 1 is 1.32 bits per heavy atom. The number of amides is 1. The van der Waals surface area contributed by atoms with Gasteiger partial charge in [0.05, 0.1) is 6.61 Å². The molecular formula is C16H27NO5. The summed E-state index contributed by atoms with van der Waals surface area (Å²) >= 11 is 0. The average Bonchev–Trinajstić information content (AvgIpc) is 2.39. The first-order valence-corrected chi connectivity index (χ1v) is 7.83. The molecule has 0 aromatic carbocycles. The van der Waals surface area contributed by atoms with E-state index in [1.54, 1.807) is 27.7 Å². The molecule has 1 fully saturated rings. The molecule has 1 saturated carbocycles. The van der Waals surface area contributed by atoms with E-state index in [0.717, 1.165) is 0 Å². The molecule has 0 radical (unpaired) electrons. The molecule has 0 bridgehead atoms. The molecule has 2 atom stereocenters. The Bertz CT molecular complexity index is 440. The third-order valence-corrected chi connectivity index (χ3v) is 3.85. The van der Waals surface area contributed by atoms with Crippen molar-refractivity contribution in [3.63, 3.8) is 0 Å². The number of hydrogen-bond acceptors (Lipinski definition) is 5. The number of hydrogen-bond donors (Lipinski definition) is 1. The van der Waals surface area contributed by atoms with Crippen molar-refractivity contribution in [1.82, 2.24) is 5.32 Å². The second kappa shape index (κ2) is 7.11. The van der Waals surface area contributed by atoms with E-state index in [1.165, 1.54) is 0 Å². The van der Waals surface area contributed by atoms with Gasteiger partial charge in [-0.2, -0.15) is 0 Å². The van der Waals surface area contributed by atoms with E-state index in [0.29, 0.717) is 12.8 Å². The summed E-state index contributed by atoms with van der Waals surface area (Å²) in [6.45, 7) is 9.23. The van der Waals surface area contributed by atoms with Crippen LogP contribution in [0.1, 0.15) is 60.3 Å². The third kappa shape index (κ3) is 5.00. The SMILES string of the molecule is CCOC(=O)C1CC(CC)(NC(=O)OC(C)(C)C)CCC1=O. The molecule has 0 aliphatic heterocycles. The number of ether oxygens (including phenoxy) is 2. The minimum absolute atomic E-state index is 0.117. The van der Waals surface area contributed by atoms with Gasteiger partial charge >= 0.3 is 12.1 Å². The van der Waals surface area contributed by atoms with Crippen LogP contribution in [0.4, 0.5) is 4.79 Å². The van der Waals surface area contributed by atoms with E-state index in [-0.39, 0.29) is 25.2 Å². The van der Waals surface area contributed by atoms with Gasteiger partial charge in [0.15, 0.2) is 0 Å². The quantitative estimate of drug-likeness (QED) is 0.637. The molecule has 0 spiro atoms. The van der Waals surface area contributed by atoms with Crippen LogP contribution in [0.25, 0.3) is 0 Å². The van der Waals surface area contributed by atoms with Crippen molar-refractivity contribution in [2.45, 2.75) is 71.4 Å². The Morgan fingerprint density at radius 2 is 1.95 bits per heavy atom. The van der Waals surface area contributed by atoms with Crippen molar-refractivity contribution < 1.29 is 23.9 Å². The first-order valence-electron chi connectivity index (χ1n) is 7.83. The van der Waals surface area contributed by atoms with Crippen LogP contribution in [-0.2, 0) is 19.1 Å². The molecule has 1 amide bonds. The predicted octanol–water partition coefficient (Wildman–Crippen LogP) is 2.59. The minimum Gasteiger partial charge on any atom is -0.465 e. The molecule has 0 heterocycles. The van der Waals surface area contributed by atoms with Crippen LogP contribution in [0.3, 0.4) is 0 Å². The van der Waals surface area contributed by atoms with Gasteiger partial charge in [0.1, 0.15) is 17.3 Å². The second-order valence-electron chi connectivity index (χ2n) is 6.74. The number of nitrogens with one attached hydrogen (secondary N) is 1. The highest BCUT2D eigenvalue weighted by Gasteiger charge is 2.44. The summed E-state index contributed by atoms with van der Waals surface area (Å²) in [5.74, 6) is -1.42. The molecule has 1 aliphatic rings. The van der Waals surface area contributed by atoms with E-state index in [1.807, 2.05) is 6.92 Å². The lowest BCUT2D eigenvalue weighted by atomic mass is 9.73. The van der Waals surface area contributed by atoms with Crippen LogP contribution in [0, 0.1) is 5.92 Å². The van der Waals surface area contributed by atoms with E-state index in [2.05, 4.69) is 5.32 Å². The Kier molecular flexibility index (Phi) is 5.97. The normalized spacial score (nSPS) is 25.5. The number of ketones is 1. The zero-order valence-electron chi connectivity index (χ0n) is 14.2. The fraction of sp³-hybridized carbons (Fsp3) is 0.812. The largest absolute Gasteiger partial charge is 0.465 e. The summed E-state index contributed by atoms with van der Waals surface area (Å²) in [6, 6.07) is 0. The van der Waals surface area contributed by atoms with Gasteiger partial charge in [0.25, 0.3) is 0 Å². The molecule has 0 aromatic rings. The molecule has 6 heteroatoms. The summed E-state index contributed by atoms with van der Waals surface area (Å²) in [5.41, 5.74) is -1.20.